The largest absolute Gasteiger partial charge is 0.462 e. The summed E-state index contributed by atoms with van der Waals surface area (Å²) in [5.74, 6) is -1.07. The predicted octanol–water partition coefficient (Wildman–Crippen LogP) is 21.7. The zero-order valence-electron chi connectivity index (χ0n) is 50.3. The summed E-state index contributed by atoms with van der Waals surface area (Å²) < 4.78 is 16.8. The average molecular weight is 1090 g/mol. The summed E-state index contributed by atoms with van der Waals surface area (Å²) in [5, 5.41) is 0. The normalized spacial score (nSPS) is 13.4. The molecule has 0 aliphatic heterocycles. The van der Waals surface area contributed by atoms with Gasteiger partial charge in [-0.1, -0.05) is 254 Å². The zero-order chi connectivity index (χ0) is 57.1. The lowest BCUT2D eigenvalue weighted by atomic mass is 10.1. The smallest absolute Gasteiger partial charge is 0.306 e. The molecule has 1 atom stereocenters. The molecule has 0 N–H and O–H groups in total. The molecule has 0 saturated carbocycles. The van der Waals surface area contributed by atoms with E-state index in [1.165, 1.54) is 51.4 Å². The van der Waals surface area contributed by atoms with Crippen LogP contribution in [-0.4, -0.2) is 37.2 Å². The van der Waals surface area contributed by atoms with Crippen LogP contribution in [0.5, 0.6) is 0 Å². The first kappa shape index (κ1) is 73.5. The molecule has 6 heteroatoms. The Labute approximate surface area is 484 Å². The SMILES string of the molecule is CC/C=C\C/C=C\C/C=C\C/C=C\C/C=C\C/C=C\C/C=C\C/C=C\C/C=C\CCCC(=O)OCC(COC(=O)CCCCCCC/C=C\CCCCCCCC)OC(=O)CCC/C=C\C/C=C\C/C=C\C/C=C\C/C=C\CC. The lowest BCUT2D eigenvalue weighted by molar-refractivity contribution is -0.167. The minimum absolute atomic E-state index is 0.132. The molecular formula is C73H112O6. The number of rotatable bonds is 54. The fraction of sp³-hybridized carbons (Fsp3) is 0.548. The molecule has 0 aromatic heterocycles. The molecule has 1 unspecified atom stereocenters. The predicted molar refractivity (Wildman–Crippen MR) is 343 cm³/mol. The van der Waals surface area contributed by atoms with Gasteiger partial charge in [-0.15, -0.1) is 0 Å². The average Bonchev–Trinajstić information content (AvgIpc) is 3.45. The van der Waals surface area contributed by atoms with E-state index in [-0.39, 0.29) is 38.0 Å². The first-order valence-corrected chi connectivity index (χ1v) is 31.3. The van der Waals surface area contributed by atoms with Gasteiger partial charge in [-0.25, -0.2) is 0 Å². The summed E-state index contributed by atoms with van der Waals surface area (Å²) in [4.78, 5) is 38.2. The number of carbonyl (C=O) groups is 3. The highest BCUT2D eigenvalue weighted by Gasteiger charge is 2.19. The molecule has 0 aromatic carbocycles. The van der Waals surface area contributed by atoms with E-state index >= 15 is 0 Å². The summed E-state index contributed by atoms with van der Waals surface area (Å²) in [5.41, 5.74) is 0. The van der Waals surface area contributed by atoms with Crippen molar-refractivity contribution in [1.82, 2.24) is 0 Å². The maximum atomic E-state index is 12.9. The van der Waals surface area contributed by atoms with Gasteiger partial charge in [0.1, 0.15) is 13.2 Å². The van der Waals surface area contributed by atoms with Crippen molar-refractivity contribution in [2.24, 2.45) is 0 Å². The molecule has 0 aliphatic rings. The first-order valence-electron chi connectivity index (χ1n) is 31.3. The molecule has 0 heterocycles. The third-order valence-electron chi connectivity index (χ3n) is 12.4. The Hall–Kier alpha value is -5.49. The fourth-order valence-corrected chi connectivity index (χ4v) is 7.77. The highest BCUT2D eigenvalue weighted by molar-refractivity contribution is 5.71. The van der Waals surface area contributed by atoms with E-state index in [1.807, 2.05) is 0 Å². The third-order valence-corrected chi connectivity index (χ3v) is 12.4. The molecule has 0 aromatic rings. The Kier molecular flexibility index (Phi) is 60.5. The highest BCUT2D eigenvalue weighted by Crippen LogP contribution is 2.12. The quantitative estimate of drug-likeness (QED) is 0.0261. The molecule has 79 heavy (non-hydrogen) atoms. The maximum absolute atomic E-state index is 12.9. The van der Waals surface area contributed by atoms with Gasteiger partial charge in [-0.2, -0.15) is 0 Å². The lowest BCUT2D eigenvalue weighted by Crippen LogP contribution is -2.30. The van der Waals surface area contributed by atoms with Crippen LogP contribution in [0.15, 0.2) is 182 Å². The van der Waals surface area contributed by atoms with Crippen molar-refractivity contribution in [2.75, 3.05) is 13.2 Å². The van der Waals surface area contributed by atoms with Crippen molar-refractivity contribution in [3.8, 4) is 0 Å². The van der Waals surface area contributed by atoms with E-state index in [2.05, 4.69) is 203 Å². The molecule has 0 rings (SSSR count). The minimum atomic E-state index is -0.846. The summed E-state index contributed by atoms with van der Waals surface area (Å²) in [6.45, 7) is 6.29. The van der Waals surface area contributed by atoms with Gasteiger partial charge in [0.05, 0.1) is 0 Å². The van der Waals surface area contributed by atoms with Gasteiger partial charge in [0.25, 0.3) is 0 Å². The second-order valence-corrected chi connectivity index (χ2v) is 19.8. The molecule has 0 aliphatic carbocycles. The van der Waals surface area contributed by atoms with E-state index in [4.69, 9.17) is 14.2 Å². The van der Waals surface area contributed by atoms with E-state index < -0.39 is 12.1 Å². The molecule has 0 saturated heterocycles. The van der Waals surface area contributed by atoms with Crippen molar-refractivity contribution >= 4 is 17.9 Å². The maximum Gasteiger partial charge on any atom is 0.306 e. The number of esters is 3. The van der Waals surface area contributed by atoms with Crippen molar-refractivity contribution in [1.29, 1.82) is 0 Å². The lowest BCUT2D eigenvalue weighted by Gasteiger charge is -2.18. The van der Waals surface area contributed by atoms with Crippen molar-refractivity contribution in [3.05, 3.63) is 182 Å². The van der Waals surface area contributed by atoms with Crippen LogP contribution in [0.4, 0.5) is 0 Å². The van der Waals surface area contributed by atoms with Gasteiger partial charge in [0.2, 0.25) is 0 Å². The van der Waals surface area contributed by atoms with Crippen LogP contribution < -0.4 is 0 Å². The second-order valence-electron chi connectivity index (χ2n) is 19.8. The first-order chi connectivity index (χ1) is 39.0. The molecule has 440 valence electrons. The van der Waals surface area contributed by atoms with E-state index in [0.717, 1.165) is 135 Å². The van der Waals surface area contributed by atoms with Crippen LogP contribution in [0.2, 0.25) is 0 Å². The van der Waals surface area contributed by atoms with Crippen LogP contribution >= 0.6 is 0 Å². The Morgan fingerprint density at radius 3 is 0.835 bits per heavy atom. The molecule has 0 spiro atoms. The van der Waals surface area contributed by atoms with E-state index in [9.17, 15) is 14.4 Å². The molecule has 0 fully saturated rings. The van der Waals surface area contributed by atoms with E-state index in [1.54, 1.807) is 0 Å². The Bertz CT molecular complexity index is 1870. The summed E-state index contributed by atoms with van der Waals surface area (Å²) in [6, 6.07) is 0. The number of ether oxygens (including phenoxy) is 3. The van der Waals surface area contributed by atoms with Crippen molar-refractivity contribution in [2.45, 2.75) is 245 Å². The summed E-state index contributed by atoms with van der Waals surface area (Å²) in [7, 11) is 0. The van der Waals surface area contributed by atoms with Gasteiger partial charge in [0.15, 0.2) is 6.10 Å². The molecule has 0 bridgehead atoms. The molecule has 0 radical (unpaired) electrons. The number of hydrogen-bond acceptors (Lipinski definition) is 6. The van der Waals surface area contributed by atoms with Crippen LogP contribution in [-0.2, 0) is 28.6 Å². The van der Waals surface area contributed by atoms with E-state index in [0.29, 0.717) is 19.3 Å². The highest BCUT2D eigenvalue weighted by atomic mass is 16.6. The second kappa shape index (κ2) is 65.0. The molecular weight excluding hydrogens is 973 g/mol. The summed E-state index contributed by atoms with van der Waals surface area (Å²) in [6.07, 6.45) is 97.6. The van der Waals surface area contributed by atoms with Crippen LogP contribution in [0.25, 0.3) is 0 Å². The van der Waals surface area contributed by atoms with Crippen LogP contribution in [0, 0.1) is 0 Å². The molecule has 0 amide bonds. The van der Waals surface area contributed by atoms with Gasteiger partial charge in [0, 0.05) is 19.3 Å². The Balaban J connectivity index is 4.56. The number of hydrogen-bond donors (Lipinski definition) is 0. The monoisotopic (exact) mass is 1080 g/mol. The Morgan fingerprint density at radius 2 is 0.506 bits per heavy atom. The van der Waals surface area contributed by atoms with Crippen LogP contribution in [0.3, 0.4) is 0 Å². The number of carbonyl (C=O) groups excluding carboxylic acids is 3. The standard InChI is InChI=1S/C73H112O6/c1-4-7-10-13-16-19-22-25-28-30-31-32-33-34-35-36-37-38-39-40-41-43-45-48-51-54-57-60-63-66-72(75)78-69-70(68-77-71(74)65-62-59-56-53-50-47-44-27-24-21-18-15-12-9-6-3)79-73(76)67-64-61-58-55-52-49-46-42-29-26-23-20-17-14-11-8-5-2/h7-8,10-11,16-17,19-20,25-29,31-32,34-35,37-38,40-41,44-46,48-49,54-55,57-58,70H,4-6,9,12-15,18,21-24,30,33,36,39,42-43,47,50-53,56,59-69H2,1-3H3/b10-7-,11-8-,19-16-,20-17-,28-25-,29-26-,32-31-,35-34-,38-37-,41-40-,44-27-,48-45-,49-46-,57-54-,58-55-. The number of unbranched alkanes of at least 4 members (excludes halogenated alkanes) is 13. The topological polar surface area (TPSA) is 78.9 Å². The van der Waals surface area contributed by atoms with Crippen molar-refractivity contribution in [3.63, 3.8) is 0 Å². The van der Waals surface area contributed by atoms with Gasteiger partial charge in [-0.3, -0.25) is 14.4 Å². The van der Waals surface area contributed by atoms with Gasteiger partial charge in [-0.05, 0) is 148 Å². The van der Waals surface area contributed by atoms with Gasteiger partial charge < -0.3 is 14.2 Å². The van der Waals surface area contributed by atoms with Gasteiger partial charge >= 0.3 is 17.9 Å². The Morgan fingerprint density at radius 1 is 0.266 bits per heavy atom. The van der Waals surface area contributed by atoms with Crippen LogP contribution in [0.1, 0.15) is 239 Å². The fourth-order valence-electron chi connectivity index (χ4n) is 7.77. The van der Waals surface area contributed by atoms with Crippen molar-refractivity contribution < 1.29 is 28.6 Å². The summed E-state index contributed by atoms with van der Waals surface area (Å²) >= 11 is 0. The molecule has 6 nitrogen and oxygen atoms in total. The third kappa shape index (κ3) is 63.2. The minimum Gasteiger partial charge on any atom is -0.462 e. The zero-order valence-corrected chi connectivity index (χ0v) is 50.3. The number of allylic oxidation sites excluding steroid dienone is 30.